The molecule has 0 bridgehead atoms. The van der Waals surface area contributed by atoms with E-state index in [1.54, 1.807) is 0 Å². The summed E-state index contributed by atoms with van der Waals surface area (Å²) in [4.78, 5) is 12.4. The molecule has 1 aliphatic rings. The maximum Gasteiger partial charge on any atom is 0.136 e. The van der Waals surface area contributed by atoms with E-state index in [0.29, 0.717) is 29.0 Å². The summed E-state index contributed by atoms with van der Waals surface area (Å²) in [5, 5.41) is 0. The van der Waals surface area contributed by atoms with Crippen molar-refractivity contribution in [1.29, 1.82) is 0 Å². The average molecular weight is 238 g/mol. The highest BCUT2D eigenvalue weighted by Crippen LogP contribution is 2.45. The van der Waals surface area contributed by atoms with Crippen LogP contribution in [0.5, 0.6) is 0 Å². The van der Waals surface area contributed by atoms with Crippen LogP contribution < -0.4 is 0 Å². The minimum absolute atomic E-state index is 0.338. The quantitative estimate of drug-likeness (QED) is 0.669. The normalized spacial score (nSPS) is 28.4. The molecule has 1 fully saturated rings. The fraction of sp³-hybridized carbons (Fsp3) is 0.938. The third kappa shape index (κ3) is 4.12. The summed E-state index contributed by atoms with van der Waals surface area (Å²) < 4.78 is 0. The Morgan fingerprint density at radius 2 is 2.00 bits per heavy atom. The number of ketones is 1. The van der Waals surface area contributed by atoms with Crippen LogP contribution in [-0.4, -0.2) is 5.78 Å². The minimum Gasteiger partial charge on any atom is -0.299 e. The summed E-state index contributed by atoms with van der Waals surface area (Å²) >= 11 is 0. The lowest BCUT2D eigenvalue weighted by molar-refractivity contribution is -0.128. The molecule has 0 aromatic carbocycles. The fourth-order valence-electron chi connectivity index (χ4n) is 3.29. The Hall–Kier alpha value is -0.330. The Bertz CT molecular complexity index is 252. The summed E-state index contributed by atoms with van der Waals surface area (Å²) in [5.41, 5.74) is 0.373. The molecular weight excluding hydrogens is 208 g/mol. The van der Waals surface area contributed by atoms with Crippen LogP contribution in [0.15, 0.2) is 0 Å². The molecule has 2 atom stereocenters. The lowest BCUT2D eigenvalue weighted by Gasteiger charge is -2.42. The van der Waals surface area contributed by atoms with Gasteiger partial charge in [-0.05, 0) is 42.9 Å². The molecule has 1 nitrogen and oxygen atoms in total. The summed E-state index contributed by atoms with van der Waals surface area (Å²) in [6.07, 6.45) is 6.65. The lowest BCUT2D eigenvalue weighted by atomic mass is 9.62. The van der Waals surface area contributed by atoms with E-state index in [-0.39, 0.29) is 0 Å². The zero-order valence-corrected chi connectivity index (χ0v) is 12.4. The Labute approximate surface area is 107 Å². The van der Waals surface area contributed by atoms with Gasteiger partial charge in [0.2, 0.25) is 0 Å². The second-order valence-corrected chi connectivity index (χ2v) is 6.99. The van der Waals surface area contributed by atoms with Crippen molar-refractivity contribution in [3.05, 3.63) is 0 Å². The van der Waals surface area contributed by atoms with Crippen LogP contribution in [-0.2, 0) is 4.79 Å². The molecule has 0 radical (unpaired) electrons. The van der Waals surface area contributed by atoms with E-state index in [9.17, 15) is 4.79 Å². The van der Waals surface area contributed by atoms with E-state index >= 15 is 0 Å². The SMILES string of the molecule is CCCCC(=O)[C@H]1CC(C)(C)CC[C@@H]1C(C)C. The standard InChI is InChI=1S/C16H30O/c1-6-7-8-15(17)14-11-16(4,5)10-9-13(14)12(2)3/h12-14H,6-11H2,1-5H3/t13-,14+/m1/s1. The van der Waals surface area contributed by atoms with Gasteiger partial charge in [0.1, 0.15) is 5.78 Å². The van der Waals surface area contributed by atoms with Gasteiger partial charge < -0.3 is 0 Å². The van der Waals surface area contributed by atoms with Crippen LogP contribution in [0.1, 0.15) is 73.1 Å². The average Bonchev–Trinajstić information content (AvgIpc) is 2.24. The molecule has 0 amide bonds. The number of rotatable bonds is 5. The molecule has 0 unspecified atom stereocenters. The number of carbonyl (C=O) groups excluding carboxylic acids is 1. The molecule has 0 N–H and O–H groups in total. The van der Waals surface area contributed by atoms with Gasteiger partial charge in [-0.1, -0.05) is 41.0 Å². The summed E-state index contributed by atoms with van der Waals surface area (Å²) in [7, 11) is 0. The number of carbonyl (C=O) groups is 1. The van der Waals surface area contributed by atoms with Crippen LogP contribution in [0, 0.1) is 23.2 Å². The molecule has 0 saturated heterocycles. The van der Waals surface area contributed by atoms with Gasteiger partial charge in [-0.3, -0.25) is 4.79 Å². The van der Waals surface area contributed by atoms with Gasteiger partial charge >= 0.3 is 0 Å². The third-order valence-electron chi connectivity index (χ3n) is 4.49. The van der Waals surface area contributed by atoms with Crippen molar-refractivity contribution < 1.29 is 4.79 Å². The lowest BCUT2D eigenvalue weighted by Crippen LogP contribution is -2.37. The monoisotopic (exact) mass is 238 g/mol. The van der Waals surface area contributed by atoms with Crippen LogP contribution >= 0.6 is 0 Å². The maximum atomic E-state index is 12.4. The molecule has 1 saturated carbocycles. The van der Waals surface area contributed by atoms with Crippen LogP contribution in [0.2, 0.25) is 0 Å². The topological polar surface area (TPSA) is 17.1 Å². The molecule has 1 rings (SSSR count). The minimum atomic E-state index is 0.338. The Kier molecular flexibility index (Phi) is 5.22. The van der Waals surface area contributed by atoms with Gasteiger partial charge in [-0.25, -0.2) is 0 Å². The summed E-state index contributed by atoms with van der Waals surface area (Å²) in [6, 6.07) is 0. The zero-order valence-electron chi connectivity index (χ0n) is 12.4. The largest absolute Gasteiger partial charge is 0.299 e. The van der Waals surface area contributed by atoms with Crippen molar-refractivity contribution >= 4 is 5.78 Å². The van der Waals surface area contributed by atoms with Gasteiger partial charge in [0.25, 0.3) is 0 Å². The first-order chi connectivity index (χ1) is 7.87. The van der Waals surface area contributed by atoms with Crippen molar-refractivity contribution in [1.82, 2.24) is 0 Å². The molecule has 1 aliphatic carbocycles. The third-order valence-corrected chi connectivity index (χ3v) is 4.49. The summed E-state index contributed by atoms with van der Waals surface area (Å²) in [5.74, 6) is 2.16. The van der Waals surface area contributed by atoms with E-state index in [0.717, 1.165) is 25.7 Å². The molecular formula is C16H30O. The van der Waals surface area contributed by atoms with Crippen molar-refractivity contribution in [2.45, 2.75) is 73.1 Å². The fourth-order valence-corrected chi connectivity index (χ4v) is 3.29. The highest BCUT2D eigenvalue weighted by Gasteiger charge is 2.39. The molecule has 100 valence electrons. The molecule has 0 aromatic heterocycles. The van der Waals surface area contributed by atoms with E-state index in [4.69, 9.17) is 0 Å². The van der Waals surface area contributed by atoms with E-state index in [1.807, 2.05) is 0 Å². The van der Waals surface area contributed by atoms with Crippen LogP contribution in [0.25, 0.3) is 0 Å². The molecule has 17 heavy (non-hydrogen) atoms. The van der Waals surface area contributed by atoms with E-state index < -0.39 is 0 Å². The molecule has 0 spiro atoms. The van der Waals surface area contributed by atoms with E-state index in [2.05, 4.69) is 34.6 Å². The van der Waals surface area contributed by atoms with E-state index in [1.165, 1.54) is 12.8 Å². The molecule has 0 aromatic rings. The second kappa shape index (κ2) is 6.02. The first-order valence-electron chi connectivity index (χ1n) is 7.40. The first-order valence-corrected chi connectivity index (χ1v) is 7.40. The van der Waals surface area contributed by atoms with Crippen molar-refractivity contribution in [2.75, 3.05) is 0 Å². The van der Waals surface area contributed by atoms with Gasteiger partial charge in [0.15, 0.2) is 0 Å². The predicted molar refractivity (Wildman–Crippen MR) is 74.0 cm³/mol. The maximum absolute atomic E-state index is 12.4. The second-order valence-electron chi connectivity index (χ2n) is 6.99. The molecule has 1 heteroatoms. The highest BCUT2D eigenvalue weighted by atomic mass is 16.1. The summed E-state index contributed by atoms with van der Waals surface area (Å²) in [6.45, 7) is 11.4. The number of hydrogen-bond donors (Lipinski definition) is 0. The Morgan fingerprint density at radius 1 is 1.35 bits per heavy atom. The van der Waals surface area contributed by atoms with Gasteiger partial charge in [0.05, 0.1) is 0 Å². The van der Waals surface area contributed by atoms with Crippen LogP contribution in [0.4, 0.5) is 0 Å². The zero-order chi connectivity index (χ0) is 13.1. The molecule has 0 heterocycles. The van der Waals surface area contributed by atoms with Crippen molar-refractivity contribution in [3.63, 3.8) is 0 Å². The van der Waals surface area contributed by atoms with Crippen LogP contribution in [0.3, 0.4) is 0 Å². The smallest absolute Gasteiger partial charge is 0.136 e. The van der Waals surface area contributed by atoms with Crippen molar-refractivity contribution in [3.8, 4) is 0 Å². The Balaban J connectivity index is 2.70. The highest BCUT2D eigenvalue weighted by molar-refractivity contribution is 5.81. The van der Waals surface area contributed by atoms with Gasteiger partial charge in [-0.2, -0.15) is 0 Å². The van der Waals surface area contributed by atoms with Crippen molar-refractivity contribution in [2.24, 2.45) is 23.2 Å². The molecule has 0 aliphatic heterocycles. The number of Topliss-reactive ketones (excluding diaryl/α,β-unsaturated/α-hetero) is 1. The number of hydrogen-bond acceptors (Lipinski definition) is 1. The Morgan fingerprint density at radius 3 is 2.53 bits per heavy atom. The van der Waals surface area contributed by atoms with Gasteiger partial charge in [0, 0.05) is 12.3 Å². The van der Waals surface area contributed by atoms with Gasteiger partial charge in [-0.15, -0.1) is 0 Å². The number of unbranched alkanes of at least 4 members (excludes halogenated alkanes) is 1. The first kappa shape index (κ1) is 14.7. The predicted octanol–water partition coefficient (Wildman–Crippen LogP) is 4.84.